The second-order valence-corrected chi connectivity index (χ2v) is 5.20. The smallest absolute Gasteiger partial charge is 0.262 e. The third-order valence-electron chi connectivity index (χ3n) is 3.77. The number of carbonyl (C=O) groups is 2. The molecule has 1 heterocycles. The molecule has 0 saturated heterocycles. The van der Waals surface area contributed by atoms with E-state index in [1.165, 1.54) is 7.05 Å². The Balaban J connectivity index is 2.09. The summed E-state index contributed by atoms with van der Waals surface area (Å²) in [5.74, 6) is -0.549. The van der Waals surface area contributed by atoms with E-state index >= 15 is 0 Å². The number of fused-ring (bicyclic) bond motifs is 1. The van der Waals surface area contributed by atoms with Crippen LogP contribution in [0.3, 0.4) is 0 Å². The van der Waals surface area contributed by atoms with Gasteiger partial charge in [0.05, 0.1) is 5.57 Å². The highest BCUT2D eigenvalue weighted by Gasteiger charge is 2.32. The van der Waals surface area contributed by atoms with Gasteiger partial charge in [-0.1, -0.05) is 36.4 Å². The molecule has 110 valence electrons. The lowest BCUT2D eigenvalue weighted by Gasteiger charge is -2.26. The van der Waals surface area contributed by atoms with Crippen molar-refractivity contribution in [1.82, 2.24) is 4.90 Å². The molecule has 0 fully saturated rings. The maximum atomic E-state index is 12.5. The zero-order valence-corrected chi connectivity index (χ0v) is 12.5. The van der Waals surface area contributed by atoms with Gasteiger partial charge in [-0.3, -0.25) is 14.5 Å². The predicted molar refractivity (Wildman–Crippen MR) is 86.4 cm³/mol. The number of carbonyl (C=O) groups excluding carboxylic acids is 2. The van der Waals surface area contributed by atoms with Crippen LogP contribution in [0.4, 0.5) is 5.69 Å². The fourth-order valence-corrected chi connectivity index (χ4v) is 2.53. The van der Waals surface area contributed by atoms with Crippen molar-refractivity contribution in [3.8, 4) is 0 Å². The quantitative estimate of drug-likeness (QED) is 0.631. The van der Waals surface area contributed by atoms with Crippen LogP contribution in [0.5, 0.6) is 0 Å². The molecule has 0 spiro atoms. The van der Waals surface area contributed by atoms with E-state index in [1.54, 1.807) is 18.3 Å². The average Bonchev–Trinajstić information content (AvgIpc) is 2.57. The summed E-state index contributed by atoms with van der Waals surface area (Å²) < 4.78 is 0. The van der Waals surface area contributed by atoms with E-state index in [0.29, 0.717) is 16.7 Å². The number of nitrogens with zero attached hydrogens (tertiary/aromatic N) is 2. The number of likely N-dealkylation sites (N-methyl/N-ethyl adjacent to an activating group) is 1. The predicted octanol–water partition coefficient (Wildman–Crippen LogP) is 2.78. The largest absolute Gasteiger partial charge is 0.350 e. The molecule has 0 bridgehead atoms. The van der Waals surface area contributed by atoms with Gasteiger partial charge in [-0.05, 0) is 18.2 Å². The Morgan fingerprint density at radius 1 is 0.864 bits per heavy atom. The number of para-hydroxylation sites is 1. The van der Waals surface area contributed by atoms with Crippen molar-refractivity contribution in [2.75, 3.05) is 19.0 Å². The highest BCUT2D eigenvalue weighted by Crippen LogP contribution is 2.28. The molecule has 0 aliphatic carbocycles. The van der Waals surface area contributed by atoms with Gasteiger partial charge in [0.15, 0.2) is 0 Å². The zero-order chi connectivity index (χ0) is 15.7. The van der Waals surface area contributed by atoms with E-state index in [9.17, 15) is 9.59 Å². The van der Waals surface area contributed by atoms with Gasteiger partial charge in [0.1, 0.15) is 0 Å². The lowest BCUT2D eigenvalue weighted by atomic mass is 9.94. The molecule has 2 aromatic carbocycles. The van der Waals surface area contributed by atoms with Crippen molar-refractivity contribution in [1.29, 1.82) is 0 Å². The molecule has 22 heavy (non-hydrogen) atoms. The van der Waals surface area contributed by atoms with Gasteiger partial charge in [0.25, 0.3) is 11.8 Å². The van der Waals surface area contributed by atoms with Crippen LogP contribution >= 0.6 is 0 Å². The fourth-order valence-electron chi connectivity index (χ4n) is 2.53. The summed E-state index contributed by atoms with van der Waals surface area (Å²) in [6.45, 7) is 0. The van der Waals surface area contributed by atoms with Crippen LogP contribution in [0, 0.1) is 0 Å². The first-order valence-electron chi connectivity index (χ1n) is 7.01. The molecular weight excluding hydrogens is 276 g/mol. The molecule has 1 aliphatic heterocycles. The Hall–Kier alpha value is -2.88. The fraction of sp³-hybridized carbons (Fsp3) is 0.111. The van der Waals surface area contributed by atoms with E-state index < -0.39 is 0 Å². The molecule has 0 saturated carbocycles. The minimum Gasteiger partial charge on any atom is -0.350 e. The van der Waals surface area contributed by atoms with Gasteiger partial charge < -0.3 is 4.90 Å². The first kappa shape index (κ1) is 14.1. The number of benzene rings is 2. The maximum Gasteiger partial charge on any atom is 0.262 e. The molecule has 2 amide bonds. The van der Waals surface area contributed by atoms with Gasteiger partial charge in [0.2, 0.25) is 0 Å². The van der Waals surface area contributed by atoms with Crippen molar-refractivity contribution >= 4 is 23.1 Å². The van der Waals surface area contributed by atoms with E-state index in [0.717, 1.165) is 10.6 Å². The number of anilines is 1. The molecule has 4 nitrogen and oxygen atoms in total. The van der Waals surface area contributed by atoms with E-state index in [2.05, 4.69) is 0 Å². The van der Waals surface area contributed by atoms with Crippen LogP contribution in [-0.2, 0) is 4.79 Å². The summed E-state index contributed by atoms with van der Waals surface area (Å²) >= 11 is 0. The van der Waals surface area contributed by atoms with Crippen molar-refractivity contribution in [2.45, 2.75) is 0 Å². The van der Waals surface area contributed by atoms with Gasteiger partial charge in [-0.25, -0.2) is 0 Å². The number of imide groups is 1. The average molecular weight is 292 g/mol. The van der Waals surface area contributed by atoms with Crippen LogP contribution in [0.25, 0.3) is 5.57 Å². The van der Waals surface area contributed by atoms with Crippen molar-refractivity contribution in [3.63, 3.8) is 0 Å². The van der Waals surface area contributed by atoms with Crippen LogP contribution in [0.1, 0.15) is 15.9 Å². The molecule has 0 unspecified atom stereocenters. The Kier molecular flexibility index (Phi) is 3.51. The molecule has 3 rings (SSSR count). The topological polar surface area (TPSA) is 40.6 Å². The van der Waals surface area contributed by atoms with Crippen molar-refractivity contribution in [2.24, 2.45) is 0 Å². The summed E-state index contributed by atoms with van der Waals surface area (Å²) in [6.07, 6.45) is 1.78. The normalized spacial score (nSPS) is 15.9. The molecule has 0 aromatic heterocycles. The first-order valence-corrected chi connectivity index (χ1v) is 7.01. The van der Waals surface area contributed by atoms with Gasteiger partial charge in [-0.15, -0.1) is 0 Å². The van der Waals surface area contributed by atoms with Crippen LogP contribution in [0.15, 0.2) is 60.8 Å². The Morgan fingerprint density at radius 2 is 1.45 bits per heavy atom. The van der Waals surface area contributed by atoms with Crippen LogP contribution in [0.2, 0.25) is 0 Å². The lowest BCUT2D eigenvalue weighted by molar-refractivity contribution is -0.121. The summed E-state index contributed by atoms with van der Waals surface area (Å²) in [5.41, 5.74) is 2.72. The van der Waals surface area contributed by atoms with E-state index in [1.807, 2.05) is 54.4 Å². The monoisotopic (exact) mass is 292 g/mol. The molecule has 4 heteroatoms. The Labute approximate surface area is 129 Å². The highest BCUT2D eigenvalue weighted by atomic mass is 16.2. The molecule has 0 radical (unpaired) electrons. The second-order valence-electron chi connectivity index (χ2n) is 5.20. The molecule has 1 aliphatic rings. The first-order chi connectivity index (χ1) is 10.6. The minimum absolute atomic E-state index is 0.264. The van der Waals surface area contributed by atoms with E-state index in [-0.39, 0.29) is 11.8 Å². The van der Waals surface area contributed by atoms with E-state index in [4.69, 9.17) is 0 Å². The highest BCUT2D eigenvalue weighted by molar-refractivity contribution is 6.30. The summed E-state index contributed by atoms with van der Waals surface area (Å²) in [6, 6.07) is 16.9. The summed E-state index contributed by atoms with van der Waals surface area (Å²) in [4.78, 5) is 27.7. The second kappa shape index (κ2) is 5.48. The molecule has 0 atom stereocenters. The van der Waals surface area contributed by atoms with Crippen LogP contribution in [-0.4, -0.2) is 30.8 Å². The summed E-state index contributed by atoms with van der Waals surface area (Å²) in [7, 11) is 3.39. The number of hydrogen-bond acceptors (Lipinski definition) is 3. The van der Waals surface area contributed by atoms with Crippen molar-refractivity contribution < 1.29 is 9.59 Å². The van der Waals surface area contributed by atoms with Crippen molar-refractivity contribution in [3.05, 3.63) is 71.9 Å². The minimum atomic E-state index is -0.286. The molecular formula is C18H16N2O2. The maximum absolute atomic E-state index is 12.5. The van der Waals surface area contributed by atoms with Gasteiger partial charge in [-0.2, -0.15) is 0 Å². The van der Waals surface area contributed by atoms with Gasteiger partial charge in [0, 0.05) is 37.1 Å². The molecule has 2 aromatic rings. The third-order valence-corrected chi connectivity index (χ3v) is 3.77. The third kappa shape index (κ3) is 2.29. The standard InChI is InChI=1S/C18H16N2O2/c1-19(13-8-4-3-5-9-13)12-16-14-10-6-7-11-15(14)17(21)20(2)18(16)22/h3-12H,1-2H3/b16-12-. The number of rotatable bonds is 2. The Bertz CT molecular complexity index is 766. The molecule has 0 N–H and O–H groups in total. The SMILES string of the molecule is CN1C(=O)/C(=C\N(C)c2ccccc2)c2ccccc2C1=O. The summed E-state index contributed by atoms with van der Waals surface area (Å²) in [5, 5.41) is 0. The number of hydrogen-bond donors (Lipinski definition) is 0. The Morgan fingerprint density at radius 3 is 2.14 bits per heavy atom. The lowest BCUT2D eigenvalue weighted by Crippen LogP contribution is -2.39. The van der Waals surface area contributed by atoms with Gasteiger partial charge >= 0.3 is 0 Å². The zero-order valence-electron chi connectivity index (χ0n) is 12.5. The number of amides is 2. The van der Waals surface area contributed by atoms with Crippen LogP contribution < -0.4 is 4.90 Å².